The van der Waals surface area contributed by atoms with Gasteiger partial charge in [0, 0.05) is 33.9 Å². The van der Waals surface area contributed by atoms with Crippen molar-refractivity contribution < 1.29 is 14.6 Å². The highest BCUT2D eigenvalue weighted by Gasteiger charge is 2.35. The smallest absolute Gasteiger partial charge is 0.0971 e. The molecule has 0 saturated carbocycles. The molecule has 1 N–H and O–H groups in total. The Morgan fingerprint density at radius 1 is 1.27 bits per heavy atom. The molecule has 0 amide bonds. The average molecular weight is 217 g/mol. The van der Waals surface area contributed by atoms with E-state index in [4.69, 9.17) is 9.47 Å². The fourth-order valence-corrected chi connectivity index (χ4v) is 1.99. The van der Waals surface area contributed by atoms with Crippen molar-refractivity contribution in [3.63, 3.8) is 0 Å². The van der Waals surface area contributed by atoms with Crippen LogP contribution < -0.4 is 0 Å². The van der Waals surface area contributed by atoms with Crippen molar-refractivity contribution in [3.05, 3.63) is 0 Å². The zero-order chi connectivity index (χ0) is 11.5. The van der Waals surface area contributed by atoms with Crippen LogP contribution in [0.2, 0.25) is 0 Å². The van der Waals surface area contributed by atoms with Gasteiger partial charge in [0.1, 0.15) is 0 Å². The molecule has 0 aliphatic carbocycles. The van der Waals surface area contributed by atoms with E-state index in [1.54, 1.807) is 14.2 Å². The summed E-state index contributed by atoms with van der Waals surface area (Å²) in [6, 6.07) is 0. The van der Waals surface area contributed by atoms with E-state index in [2.05, 4.69) is 4.90 Å². The van der Waals surface area contributed by atoms with E-state index in [0.717, 1.165) is 19.5 Å². The monoisotopic (exact) mass is 217 g/mol. The highest BCUT2D eigenvalue weighted by atomic mass is 16.5. The lowest BCUT2D eigenvalue weighted by Crippen LogP contribution is -2.39. The Morgan fingerprint density at radius 2 is 1.73 bits per heavy atom. The summed E-state index contributed by atoms with van der Waals surface area (Å²) in [6.07, 6.45) is 1.02. The average Bonchev–Trinajstić information content (AvgIpc) is 2.59. The Bertz CT molecular complexity index is 184. The molecule has 0 radical (unpaired) electrons. The van der Waals surface area contributed by atoms with Crippen molar-refractivity contribution in [2.45, 2.75) is 38.1 Å². The van der Waals surface area contributed by atoms with Crippen LogP contribution in [0.3, 0.4) is 0 Å². The Hall–Kier alpha value is -0.160. The van der Waals surface area contributed by atoms with Gasteiger partial charge in [-0.3, -0.25) is 4.90 Å². The molecule has 1 aliphatic heterocycles. The zero-order valence-corrected chi connectivity index (χ0v) is 10.2. The summed E-state index contributed by atoms with van der Waals surface area (Å²) in [5.41, 5.74) is -0.610. The van der Waals surface area contributed by atoms with E-state index in [1.807, 2.05) is 13.8 Å². The van der Waals surface area contributed by atoms with Crippen LogP contribution in [0.5, 0.6) is 0 Å². The normalized spacial score (nSPS) is 31.8. The van der Waals surface area contributed by atoms with E-state index in [1.165, 1.54) is 0 Å². The van der Waals surface area contributed by atoms with Crippen LogP contribution in [0.15, 0.2) is 0 Å². The maximum absolute atomic E-state index is 9.98. The van der Waals surface area contributed by atoms with E-state index in [0.29, 0.717) is 6.54 Å². The lowest BCUT2D eigenvalue weighted by molar-refractivity contribution is -0.00461. The second-order valence-corrected chi connectivity index (χ2v) is 4.59. The zero-order valence-electron chi connectivity index (χ0n) is 10.2. The number of aliphatic hydroxyl groups is 1. The van der Waals surface area contributed by atoms with Crippen molar-refractivity contribution in [1.29, 1.82) is 0 Å². The molecule has 4 heteroatoms. The standard InChI is InChI=1S/C11H23NO3/c1-5-11(2,13)8-12-6-9(14-3)10(7-12)15-4/h9-10,13H,5-8H2,1-4H3. The molecule has 0 aromatic carbocycles. The van der Waals surface area contributed by atoms with Gasteiger partial charge in [0.15, 0.2) is 0 Å². The first-order valence-electron chi connectivity index (χ1n) is 5.52. The molecule has 0 aromatic rings. The summed E-state index contributed by atoms with van der Waals surface area (Å²) in [4.78, 5) is 2.20. The molecule has 1 rings (SSSR count). The third kappa shape index (κ3) is 3.41. The first-order chi connectivity index (χ1) is 7.02. The Kier molecular flexibility index (Phi) is 4.52. The number of hydrogen-bond donors (Lipinski definition) is 1. The second-order valence-electron chi connectivity index (χ2n) is 4.59. The lowest BCUT2D eigenvalue weighted by atomic mass is 10.0. The van der Waals surface area contributed by atoms with Crippen molar-refractivity contribution >= 4 is 0 Å². The topological polar surface area (TPSA) is 41.9 Å². The van der Waals surface area contributed by atoms with Gasteiger partial charge in [-0.25, -0.2) is 0 Å². The maximum atomic E-state index is 9.98. The van der Waals surface area contributed by atoms with Gasteiger partial charge >= 0.3 is 0 Å². The molecule has 1 saturated heterocycles. The largest absolute Gasteiger partial charge is 0.389 e. The quantitative estimate of drug-likeness (QED) is 0.728. The van der Waals surface area contributed by atoms with Crippen LogP contribution in [-0.4, -0.2) is 61.7 Å². The summed E-state index contributed by atoms with van der Waals surface area (Å²) in [7, 11) is 3.41. The summed E-state index contributed by atoms with van der Waals surface area (Å²) in [5.74, 6) is 0. The number of ether oxygens (including phenoxy) is 2. The SMILES string of the molecule is CCC(C)(O)CN1CC(OC)C(OC)C1. The first-order valence-corrected chi connectivity index (χ1v) is 5.52. The molecule has 3 unspecified atom stereocenters. The summed E-state index contributed by atoms with van der Waals surface area (Å²) in [5, 5.41) is 9.98. The second kappa shape index (κ2) is 5.25. The fraction of sp³-hybridized carbons (Fsp3) is 1.00. The number of β-amino-alcohol motifs (C(OH)–C–C–N with tert-alkyl or cyclic N) is 1. The fourth-order valence-electron chi connectivity index (χ4n) is 1.99. The van der Waals surface area contributed by atoms with E-state index < -0.39 is 5.60 Å². The van der Waals surface area contributed by atoms with Crippen molar-refractivity contribution in [1.82, 2.24) is 4.90 Å². The number of rotatable bonds is 5. The van der Waals surface area contributed by atoms with Crippen molar-refractivity contribution in [2.75, 3.05) is 33.9 Å². The van der Waals surface area contributed by atoms with E-state index in [-0.39, 0.29) is 12.2 Å². The number of likely N-dealkylation sites (tertiary alicyclic amines) is 1. The molecule has 1 fully saturated rings. The van der Waals surface area contributed by atoms with Gasteiger partial charge in [0.2, 0.25) is 0 Å². The van der Waals surface area contributed by atoms with Crippen LogP contribution >= 0.6 is 0 Å². The molecule has 0 spiro atoms. The molecule has 4 nitrogen and oxygen atoms in total. The van der Waals surface area contributed by atoms with Crippen LogP contribution in [0, 0.1) is 0 Å². The number of nitrogens with zero attached hydrogens (tertiary/aromatic N) is 1. The molecule has 0 bridgehead atoms. The minimum absolute atomic E-state index is 0.127. The van der Waals surface area contributed by atoms with Crippen LogP contribution in [0.4, 0.5) is 0 Å². The molecule has 15 heavy (non-hydrogen) atoms. The first kappa shape index (κ1) is 12.9. The molecule has 1 aliphatic rings. The van der Waals surface area contributed by atoms with Crippen molar-refractivity contribution in [2.24, 2.45) is 0 Å². The number of methoxy groups -OCH3 is 2. The summed E-state index contributed by atoms with van der Waals surface area (Å²) < 4.78 is 10.7. The minimum Gasteiger partial charge on any atom is -0.389 e. The van der Waals surface area contributed by atoms with Gasteiger partial charge in [-0.1, -0.05) is 6.92 Å². The summed E-state index contributed by atoms with van der Waals surface area (Å²) in [6.45, 7) is 6.23. The number of hydrogen-bond acceptors (Lipinski definition) is 4. The van der Waals surface area contributed by atoms with Gasteiger partial charge in [0.25, 0.3) is 0 Å². The van der Waals surface area contributed by atoms with Crippen LogP contribution in [-0.2, 0) is 9.47 Å². The van der Waals surface area contributed by atoms with Gasteiger partial charge in [-0.05, 0) is 13.3 Å². The molecular weight excluding hydrogens is 194 g/mol. The highest BCUT2D eigenvalue weighted by Crippen LogP contribution is 2.19. The minimum atomic E-state index is -0.610. The Labute approximate surface area is 92.2 Å². The molecular formula is C11H23NO3. The van der Waals surface area contributed by atoms with Gasteiger partial charge in [-0.15, -0.1) is 0 Å². The van der Waals surface area contributed by atoms with E-state index >= 15 is 0 Å². The maximum Gasteiger partial charge on any atom is 0.0971 e. The Balaban J connectivity index is 2.47. The summed E-state index contributed by atoms with van der Waals surface area (Å²) >= 11 is 0. The third-order valence-electron chi connectivity index (χ3n) is 3.22. The predicted molar refractivity (Wildman–Crippen MR) is 58.9 cm³/mol. The Morgan fingerprint density at radius 3 is 2.07 bits per heavy atom. The van der Waals surface area contributed by atoms with Gasteiger partial charge in [0.05, 0.1) is 17.8 Å². The van der Waals surface area contributed by atoms with E-state index in [9.17, 15) is 5.11 Å². The third-order valence-corrected chi connectivity index (χ3v) is 3.22. The predicted octanol–water partition coefficient (Wildman–Crippen LogP) is 0.493. The molecule has 90 valence electrons. The van der Waals surface area contributed by atoms with Crippen LogP contribution in [0.1, 0.15) is 20.3 Å². The lowest BCUT2D eigenvalue weighted by Gasteiger charge is -2.27. The van der Waals surface area contributed by atoms with Gasteiger partial charge in [-0.2, -0.15) is 0 Å². The van der Waals surface area contributed by atoms with Gasteiger partial charge < -0.3 is 14.6 Å². The van der Waals surface area contributed by atoms with Crippen molar-refractivity contribution in [3.8, 4) is 0 Å². The highest BCUT2D eigenvalue weighted by molar-refractivity contribution is 4.89. The van der Waals surface area contributed by atoms with Crippen LogP contribution in [0.25, 0.3) is 0 Å². The molecule has 0 aromatic heterocycles. The molecule has 3 atom stereocenters. The molecule has 1 heterocycles.